The van der Waals surface area contributed by atoms with Crippen LogP contribution in [-0.4, -0.2) is 76.7 Å². The molecule has 23 heavy (non-hydrogen) atoms. The first-order chi connectivity index (χ1) is 10.8. The van der Waals surface area contributed by atoms with E-state index >= 15 is 0 Å². The van der Waals surface area contributed by atoms with Gasteiger partial charge in [-0.15, -0.1) is 22.0 Å². The molecule has 7 nitrogen and oxygen atoms in total. The van der Waals surface area contributed by atoms with Gasteiger partial charge in [0.2, 0.25) is 5.91 Å². The molecule has 0 aromatic carbocycles. The molecule has 1 aliphatic heterocycles. The second-order valence-electron chi connectivity index (χ2n) is 6.00. The van der Waals surface area contributed by atoms with Crippen molar-refractivity contribution in [2.24, 2.45) is 0 Å². The number of anilines is 1. The van der Waals surface area contributed by atoms with E-state index in [0.717, 1.165) is 0 Å². The number of aromatic nitrogens is 2. The van der Waals surface area contributed by atoms with Crippen molar-refractivity contribution in [1.29, 1.82) is 0 Å². The summed E-state index contributed by atoms with van der Waals surface area (Å²) in [6.45, 7) is 3.91. The number of hydrogen-bond donors (Lipinski definition) is 0. The average molecular weight is 337 g/mol. The smallest absolute Gasteiger partial charge is 0.275 e. The molecule has 0 N–H and O–H groups in total. The van der Waals surface area contributed by atoms with E-state index in [9.17, 15) is 9.59 Å². The van der Waals surface area contributed by atoms with E-state index in [-0.39, 0.29) is 23.6 Å². The van der Waals surface area contributed by atoms with E-state index < -0.39 is 6.04 Å². The van der Waals surface area contributed by atoms with Crippen molar-refractivity contribution in [3.63, 3.8) is 0 Å². The number of carbonyl (C=O) groups is 2. The Morgan fingerprint density at radius 1 is 1.26 bits per heavy atom. The van der Waals surface area contributed by atoms with Crippen LogP contribution >= 0.6 is 11.8 Å². The highest BCUT2D eigenvalue weighted by atomic mass is 32.2. The van der Waals surface area contributed by atoms with Crippen molar-refractivity contribution in [2.75, 3.05) is 37.7 Å². The third-order valence-corrected chi connectivity index (χ3v) is 4.89. The summed E-state index contributed by atoms with van der Waals surface area (Å²) in [6, 6.07) is 3.07. The summed E-state index contributed by atoms with van der Waals surface area (Å²) in [7, 11) is 5.49. The Hall–Kier alpha value is -1.83. The molecule has 2 rings (SSSR count). The number of thioether (sulfide) groups is 1. The van der Waals surface area contributed by atoms with Crippen molar-refractivity contribution >= 4 is 29.4 Å². The van der Waals surface area contributed by atoms with Crippen LogP contribution in [0.5, 0.6) is 0 Å². The lowest BCUT2D eigenvalue weighted by molar-refractivity contribution is -0.135. The molecule has 0 saturated carbocycles. The number of carbonyl (C=O) groups excluding carboxylic acids is 2. The summed E-state index contributed by atoms with van der Waals surface area (Å²) in [5, 5.41) is 8.03. The van der Waals surface area contributed by atoms with Gasteiger partial charge >= 0.3 is 0 Å². The molecular weight excluding hydrogens is 314 g/mol. The Morgan fingerprint density at radius 2 is 1.96 bits per heavy atom. The maximum absolute atomic E-state index is 12.7. The summed E-state index contributed by atoms with van der Waals surface area (Å²) in [4.78, 5) is 30.3. The molecule has 1 aromatic heterocycles. The lowest BCUT2D eigenvalue weighted by atomic mass is 10.2. The predicted molar refractivity (Wildman–Crippen MR) is 91.5 cm³/mol. The highest BCUT2D eigenvalue weighted by Gasteiger charge is 2.37. The Balaban J connectivity index is 2.15. The molecule has 0 unspecified atom stereocenters. The first-order valence-corrected chi connectivity index (χ1v) is 8.64. The van der Waals surface area contributed by atoms with Crippen molar-refractivity contribution in [3.8, 4) is 0 Å². The fourth-order valence-corrected chi connectivity index (χ4v) is 3.31. The first kappa shape index (κ1) is 17.5. The second kappa shape index (κ2) is 7.16. The minimum atomic E-state index is -0.435. The van der Waals surface area contributed by atoms with E-state index in [2.05, 4.69) is 10.2 Å². The molecule has 1 aromatic rings. The van der Waals surface area contributed by atoms with Crippen molar-refractivity contribution in [2.45, 2.75) is 25.9 Å². The van der Waals surface area contributed by atoms with Gasteiger partial charge in [0.25, 0.3) is 5.91 Å². The van der Waals surface area contributed by atoms with E-state index in [1.165, 1.54) is 0 Å². The largest absolute Gasteiger partial charge is 0.361 e. The molecule has 1 aliphatic rings. The fraction of sp³-hybridized carbons (Fsp3) is 0.600. The maximum Gasteiger partial charge on any atom is 0.275 e. The van der Waals surface area contributed by atoms with Gasteiger partial charge in [0.05, 0.1) is 5.88 Å². The molecule has 2 amide bonds. The Morgan fingerprint density at radius 3 is 2.48 bits per heavy atom. The van der Waals surface area contributed by atoms with Crippen molar-refractivity contribution in [1.82, 2.24) is 20.0 Å². The number of nitrogens with zero attached hydrogens (tertiary/aromatic N) is 5. The van der Waals surface area contributed by atoms with Crippen LogP contribution in [0.1, 0.15) is 24.3 Å². The van der Waals surface area contributed by atoms with Crippen LogP contribution in [-0.2, 0) is 4.79 Å². The van der Waals surface area contributed by atoms with Gasteiger partial charge in [-0.05, 0) is 26.0 Å². The number of hydrogen-bond acceptors (Lipinski definition) is 6. The molecule has 0 aliphatic carbocycles. The van der Waals surface area contributed by atoms with Gasteiger partial charge in [0.15, 0.2) is 11.5 Å². The van der Waals surface area contributed by atoms with Gasteiger partial charge in [-0.2, -0.15) is 0 Å². The van der Waals surface area contributed by atoms with Gasteiger partial charge in [0, 0.05) is 32.9 Å². The molecule has 1 fully saturated rings. The zero-order chi connectivity index (χ0) is 17.1. The normalized spacial score (nSPS) is 17.5. The van der Waals surface area contributed by atoms with Crippen LogP contribution in [0, 0.1) is 0 Å². The van der Waals surface area contributed by atoms with Gasteiger partial charge in [-0.3, -0.25) is 9.59 Å². The lowest BCUT2D eigenvalue weighted by Gasteiger charge is -2.29. The molecule has 2 heterocycles. The van der Waals surface area contributed by atoms with E-state index in [1.54, 1.807) is 40.7 Å². The minimum absolute atomic E-state index is 0.0313. The van der Waals surface area contributed by atoms with Crippen molar-refractivity contribution in [3.05, 3.63) is 17.8 Å². The third-order valence-electron chi connectivity index (χ3n) is 3.88. The van der Waals surface area contributed by atoms with E-state index in [0.29, 0.717) is 17.4 Å². The van der Waals surface area contributed by atoms with Gasteiger partial charge in [-0.1, -0.05) is 0 Å². The molecule has 0 spiro atoms. The van der Waals surface area contributed by atoms with Crippen LogP contribution in [0.25, 0.3) is 0 Å². The predicted octanol–water partition coefficient (Wildman–Crippen LogP) is 0.924. The standard InChI is InChI=1S/C15H23N5O2S/c1-10(2)19(5)15(22)12-8-23-9-20(12)14(21)11-6-7-13(17-16-11)18(3)4/h6-7,10,12H,8-9H2,1-5H3/t12-/m1/s1. The van der Waals surface area contributed by atoms with Crippen LogP contribution in [0.3, 0.4) is 0 Å². The topological polar surface area (TPSA) is 69.6 Å². The van der Waals surface area contributed by atoms with Crippen LogP contribution in [0.4, 0.5) is 5.82 Å². The summed E-state index contributed by atoms with van der Waals surface area (Å²) in [5.41, 5.74) is 0.267. The fourth-order valence-electron chi connectivity index (χ4n) is 2.16. The number of rotatable bonds is 4. The summed E-state index contributed by atoms with van der Waals surface area (Å²) in [5.74, 6) is 1.52. The Labute approximate surface area is 141 Å². The molecule has 126 valence electrons. The zero-order valence-electron chi connectivity index (χ0n) is 14.2. The summed E-state index contributed by atoms with van der Waals surface area (Å²) in [6.07, 6.45) is 0. The monoisotopic (exact) mass is 337 g/mol. The first-order valence-electron chi connectivity index (χ1n) is 7.49. The van der Waals surface area contributed by atoms with Crippen LogP contribution < -0.4 is 4.90 Å². The highest BCUT2D eigenvalue weighted by molar-refractivity contribution is 7.99. The van der Waals surface area contributed by atoms with Gasteiger partial charge in [-0.25, -0.2) is 0 Å². The lowest BCUT2D eigenvalue weighted by Crippen LogP contribution is -2.49. The Bertz CT molecular complexity index is 576. The third kappa shape index (κ3) is 3.74. The van der Waals surface area contributed by atoms with Gasteiger partial charge < -0.3 is 14.7 Å². The Kier molecular flexibility index (Phi) is 5.46. The minimum Gasteiger partial charge on any atom is -0.361 e. The molecule has 1 atom stereocenters. The van der Waals surface area contributed by atoms with E-state index in [1.807, 2.05) is 32.8 Å². The molecule has 8 heteroatoms. The zero-order valence-corrected chi connectivity index (χ0v) is 15.0. The highest BCUT2D eigenvalue weighted by Crippen LogP contribution is 2.24. The number of likely N-dealkylation sites (N-methyl/N-ethyl adjacent to an activating group) is 1. The molecular formula is C15H23N5O2S. The molecule has 0 bridgehead atoms. The number of amides is 2. The van der Waals surface area contributed by atoms with Crippen LogP contribution in [0.15, 0.2) is 12.1 Å². The van der Waals surface area contributed by atoms with Crippen LogP contribution in [0.2, 0.25) is 0 Å². The summed E-state index contributed by atoms with van der Waals surface area (Å²) < 4.78 is 0. The van der Waals surface area contributed by atoms with Crippen molar-refractivity contribution < 1.29 is 9.59 Å². The quantitative estimate of drug-likeness (QED) is 0.814. The average Bonchev–Trinajstić information content (AvgIpc) is 3.02. The maximum atomic E-state index is 12.7. The molecule has 0 radical (unpaired) electrons. The SMILES string of the molecule is CC(C)N(C)C(=O)[C@H]1CSCN1C(=O)c1ccc(N(C)C)nn1. The summed E-state index contributed by atoms with van der Waals surface area (Å²) >= 11 is 1.58. The van der Waals surface area contributed by atoms with E-state index in [4.69, 9.17) is 0 Å². The van der Waals surface area contributed by atoms with Gasteiger partial charge in [0.1, 0.15) is 6.04 Å². The second-order valence-corrected chi connectivity index (χ2v) is 7.00. The molecule has 1 saturated heterocycles.